The molecule has 11 nitrogen and oxygen atoms in total. The van der Waals surface area contributed by atoms with Crippen molar-refractivity contribution in [1.29, 1.82) is 0 Å². The third kappa shape index (κ3) is 3.81. The number of fused-ring (bicyclic) bond motifs is 1. The highest BCUT2D eigenvalue weighted by molar-refractivity contribution is 6.05. The Morgan fingerprint density at radius 2 is 2.17 bits per heavy atom. The number of morpholine rings is 1. The van der Waals surface area contributed by atoms with Crippen LogP contribution in [0.2, 0.25) is 0 Å². The van der Waals surface area contributed by atoms with E-state index in [2.05, 4.69) is 22.2 Å². The van der Waals surface area contributed by atoms with Crippen molar-refractivity contribution in [3.8, 4) is 5.69 Å². The largest absolute Gasteiger partial charge is 0.377 e. The summed E-state index contributed by atoms with van der Waals surface area (Å²) in [4.78, 5) is 53.1. The summed E-state index contributed by atoms with van der Waals surface area (Å²) in [5, 5.41) is 10.5. The summed E-state index contributed by atoms with van der Waals surface area (Å²) in [6.07, 6.45) is 4.49. The van der Waals surface area contributed by atoms with E-state index in [9.17, 15) is 19.2 Å². The summed E-state index contributed by atoms with van der Waals surface area (Å²) in [5.41, 5.74) is 1.49. The highest BCUT2D eigenvalue weighted by atomic mass is 16.5. The van der Waals surface area contributed by atoms with Gasteiger partial charge in [-0.1, -0.05) is 18.2 Å². The fourth-order valence-corrected chi connectivity index (χ4v) is 4.95. The smallest absolute Gasteiger partial charge is 0.276 e. The number of nitrogens with one attached hydrogen (secondary N) is 1. The van der Waals surface area contributed by atoms with Gasteiger partial charge >= 0.3 is 0 Å². The Balaban J connectivity index is 1.37. The molecule has 35 heavy (non-hydrogen) atoms. The first-order chi connectivity index (χ1) is 16.9. The zero-order valence-corrected chi connectivity index (χ0v) is 19.4. The van der Waals surface area contributed by atoms with E-state index in [0.29, 0.717) is 43.9 Å². The molecule has 2 fully saturated rings. The van der Waals surface area contributed by atoms with Gasteiger partial charge in [0.1, 0.15) is 6.04 Å². The summed E-state index contributed by atoms with van der Waals surface area (Å²) in [6, 6.07) is 4.53. The number of ether oxygens (including phenoxy) is 1. The number of rotatable bonds is 5. The maximum Gasteiger partial charge on any atom is 0.276 e. The summed E-state index contributed by atoms with van der Waals surface area (Å²) < 4.78 is 7.09. The average molecular weight is 479 g/mol. The van der Waals surface area contributed by atoms with Gasteiger partial charge in [-0.3, -0.25) is 24.5 Å². The average Bonchev–Trinajstić information content (AvgIpc) is 3.49. The molecule has 2 atom stereocenters. The SMILES string of the molecule is C=CC1(CC)COCCN1C(=O)c1cn(-c2ccc3c(c2)CN(C2CCC(=O)NC2=O)C3=O)nn1. The maximum absolute atomic E-state index is 13.3. The van der Waals surface area contributed by atoms with Crippen molar-refractivity contribution < 1.29 is 23.9 Å². The molecule has 0 saturated carbocycles. The van der Waals surface area contributed by atoms with Gasteiger partial charge in [0.15, 0.2) is 5.69 Å². The van der Waals surface area contributed by atoms with Crippen molar-refractivity contribution in [2.75, 3.05) is 19.8 Å². The fourth-order valence-electron chi connectivity index (χ4n) is 4.95. The molecule has 2 unspecified atom stereocenters. The summed E-state index contributed by atoms with van der Waals surface area (Å²) >= 11 is 0. The fraction of sp³-hybridized carbons (Fsp3) is 0.417. The predicted octanol–water partition coefficient (Wildman–Crippen LogP) is 0.836. The van der Waals surface area contributed by atoms with Gasteiger partial charge in [0.2, 0.25) is 11.8 Å². The van der Waals surface area contributed by atoms with Crippen molar-refractivity contribution in [1.82, 2.24) is 30.1 Å². The number of piperidine rings is 1. The van der Waals surface area contributed by atoms with E-state index >= 15 is 0 Å². The monoisotopic (exact) mass is 478 g/mol. The second-order valence-electron chi connectivity index (χ2n) is 8.96. The van der Waals surface area contributed by atoms with Crippen molar-refractivity contribution in [3.05, 3.63) is 53.9 Å². The Morgan fingerprint density at radius 3 is 2.91 bits per heavy atom. The van der Waals surface area contributed by atoms with Crippen molar-refractivity contribution in [2.45, 2.75) is 44.3 Å². The lowest BCUT2D eigenvalue weighted by Crippen LogP contribution is -2.57. The Morgan fingerprint density at radius 1 is 1.34 bits per heavy atom. The molecule has 0 spiro atoms. The second-order valence-corrected chi connectivity index (χ2v) is 8.96. The normalized spacial score (nSPS) is 24.4. The van der Waals surface area contributed by atoms with Gasteiger partial charge in [-0.2, -0.15) is 0 Å². The molecule has 2 aromatic rings. The molecule has 1 aromatic carbocycles. The van der Waals surface area contributed by atoms with E-state index in [-0.39, 0.29) is 36.4 Å². The number of imide groups is 1. The first-order valence-electron chi connectivity index (χ1n) is 11.6. The predicted molar refractivity (Wildman–Crippen MR) is 122 cm³/mol. The summed E-state index contributed by atoms with van der Waals surface area (Å²) in [7, 11) is 0. The molecule has 1 aromatic heterocycles. The lowest BCUT2D eigenvalue weighted by atomic mass is 9.93. The highest BCUT2D eigenvalue weighted by Crippen LogP contribution is 2.30. The van der Waals surface area contributed by atoms with Crippen molar-refractivity contribution in [3.63, 3.8) is 0 Å². The topological polar surface area (TPSA) is 127 Å². The number of amides is 4. The quantitative estimate of drug-likeness (QED) is 0.498. The van der Waals surface area contributed by atoms with Crippen LogP contribution in [0.3, 0.4) is 0 Å². The van der Waals surface area contributed by atoms with E-state index in [1.807, 2.05) is 6.92 Å². The number of carbonyl (C=O) groups is 4. The van der Waals surface area contributed by atoms with E-state index < -0.39 is 17.5 Å². The molecule has 4 heterocycles. The second kappa shape index (κ2) is 8.73. The van der Waals surface area contributed by atoms with Crippen LogP contribution in [0, 0.1) is 0 Å². The molecule has 1 N–H and O–H groups in total. The molecule has 0 aliphatic carbocycles. The van der Waals surface area contributed by atoms with Gasteiger partial charge < -0.3 is 14.5 Å². The minimum atomic E-state index is -0.677. The van der Waals surface area contributed by atoms with Crippen LogP contribution in [-0.4, -0.2) is 79.8 Å². The van der Waals surface area contributed by atoms with Gasteiger partial charge in [-0.25, -0.2) is 4.68 Å². The molecule has 3 aliphatic heterocycles. The van der Waals surface area contributed by atoms with Crippen LogP contribution in [0.4, 0.5) is 0 Å². The molecule has 2 saturated heterocycles. The summed E-state index contributed by atoms with van der Waals surface area (Å²) in [5.74, 6) is -1.27. The minimum Gasteiger partial charge on any atom is -0.377 e. The van der Waals surface area contributed by atoms with Crippen LogP contribution in [0.25, 0.3) is 5.69 Å². The molecule has 0 radical (unpaired) electrons. The van der Waals surface area contributed by atoms with Gasteiger partial charge in [0, 0.05) is 25.1 Å². The zero-order valence-electron chi connectivity index (χ0n) is 19.4. The Bertz CT molecular complexity index is 1240. The van der Waals surface area contributed by atoms with Crippen LogP contribution in [-0.2, 0) is 20.9 Å². The standard InChI is InChI=1S/C24H26N6O5/c1-3-24(4-2)14-35-10-9-29(24)23(34)18-13-30(27-26-18)16-5-6-17-15(11-16)12-28(22(17)33)19-7-8-20(31)25-21(19)32/h3,5-6,11,13,19H,1,4,7-10,12,14H2,2H3,(H,25,31,32). The first kappa shape index (κ1) is 22.9. The Hall–Kier alpha value is -3.86. The molecular formula is C24H26N6O5. The van der Waals surface area contributed by atoms with Gasteiger partial charge in [-0.15, -0.1) is 11.7 Å². The van der Waals surface area contributed by atoms with E-state index in [1.54, 1.807) is 35.4 Å². The Kier molecular flexibility index (Phi) is 5.72. The van der Waals surface area contributed by atoms with Crippen molar-refractivity contribution >= 4 is 23.6 Å². The van der Waals surface area contributed by atoms with Crippen molar-refractivity contribution in [2.24, 2.45) is 0 Å². The number of carbonyl (C=O) groups excluding carboxylic acids is 4. The maximum atomic E-state index is 13.3. The minimum absolute atomic E-state index is 0.200. The number of benzene rings is 1. The van der Waals surface area contributed by atoms with Crippen LogP contribution < -0.4 is 5.32 Å². The zero-order chi connectivity index (χ0) is 24.7. The molecule has 182 valence electrons. The molecular weight excluding hydrogens is 452 g/mol. The van der Waals surface area contributed by atoms with E-state index in [0.717, 1.165) is 5.56 Å². The summed E-state index contributed by atoms with van der Waals surface area (Å²) in [6.45, 7) is 7.40. The number of hydrogen-bond donors (Lipinski definition) is 1. The third-order valence-corrected chi connectivity index (χ3v) is 7.07. The first-order valence-corrected chi connectivity index (χ1v) is 11.6. The highest BCUT2D eigenvalue weighted by Gasteiger charge is 2.41. The molecule has 11 heteroatoms. The number of aromatic nitrogens is 3. The van der Waals surface area contributed by atoms with Crippen LogP contribution >= 0.6 is 0 Å². The lowest BCUT2D eigenvalue weighted by Gasteiger charge is -2.44. The lowest BCUT2D eigenvalue weighted by molar-refractivity contribution is -0.136. The van der Waals surface area contributed by atoms with Gasteiger partial charge in [0.25, 0.3) is 11.8 Å². The van der Waals surface area contributed by atoms with E-state index in [4.69, 9.17) is 4.74 Å². The number of nitrogens with zero attached hydrogens (tertiary/aromatic N) is 5. The molecule has 4 amide bonds. The van der Waals surface area contributed by atoms with Gasteiger partial charge in [-0.05, 0) is 36.6 Å². The molecule has 3 aliphatic rings. The van der Waals surface area contributed by atoms with Gasteiger partial charge in [0.05, 0.1) is 30.6 Å². The van der Waals surface area contributed by atoms with E-state index in [1.165, 1.54) is 9.58 Å². The third-order valence-electron chi connectivity index (χ3n) is 7.07. The number of hydrogen-bond acceptors (Lipinski definition) is 7. The Labute approximate surface area is 201 Å². The molecule has 0 bridgehead atoms. The molecule has 5 rings (SSSR count). The van der Waals surface area contributed by atoms with Crippen LogP contribution in [0.1, 0.15) is 52.6 Å². The van der Waals surface area contributed by atoms with Crippen LogP contribution in [0.5, 0.6) is 0 Å². The van der Waals surface area contributed by atoms with Crippen LogP contribution in [0.15, 0.2) is 37.1 Å².